The monoisotopic (exact) mass is 430 g/mol. The van der Waals surface area contributed by atoms with E-state index in [1.165, 1.54) is 0 Å². The van der Waals surface area contributed by atoms with Gasteiger partial charge >= 0.3 is 0 Å². The average molecular weight is 431 g/mol. The van der Waals surface area contributed by atoms with E-state index in [1.807, 2.05) is 72.8 Å². The summed E-state index contributed by atoms with van der Waals surface area (Å²) in [5, 5.41) is 6.45. The zero-order valence-corrected chi connectivity index (χ0v) is 18.6. The molecule has 0 aliphatic carbocycles. The van der Waals surface area contributed by atoms with Gasteiger partial charge in [-0.2, -0.15) is 0 Å². The van der Waals surface area contributed by atoms with Gasteiger partial charge in [0.25, 0.3) is 5.91 Å². The Morgan fingerprint density at radius 2 is 1.88 bits per heavy atom. The van der Waals surface area contributed by atoms with Crippen molar-refractivity contribution in [3.8, 4) is 5.75 Å². The molecule has 1 aliphatic rings. The largest absolute Gasteiger partial charge is 0.488 e. The van der Waals surface area contributed by atoms with E-state index in [4.69, 9.17) is 9.47 Å². The van der Waals surface area contributed by atoms with Gasteiger partial charge in [-0.3, -0.25) is 4.79 Å². The van der Waals surface area contributed by atoms with Gasteiger partial charge in [0.05, 0.1) is 18.3 Å². The molecule has 1 amide bonds. The van der Waals surface area contributed by atoms with E-state index in [0.29, 0.717) is 30.4 Å². The number of hydrogen-bond acceptors (Lipinski definition) is 4. The van der Waals surface area contributed by atoms with Crippen molar-refractivity contribution < 1.29 is 14.3 Å². The van der Waals surface area contributed by atoms with Crippen LogP contribution in [0, 0.1) is 0 Å². The lowest BCUT2D eigenvalue weighted by molar-refractivity contribution is 0.0281. The Morgan fingerprint density at radius 3 is 2.62 bits per heavy atom. The zero-order chi connectivity index (χ0) is 22.3. The summed E-state index contributed by atoms with van der Waals surface area (Å²) in [5.41, 5.74) is 4.41. The van der Waals surface area contributed by atoms with E-state index in [1.54, 1.807) is 0 Å². The predicted octanol–water partition coefficient (Wildman–Crippen LogP) is 5.30. The van der Waals surface area contributed by atoms with Gasteiger partial charge in [0.1, 0.15) is 12.4 Å². The van der Waals surface area contributed by atoms with Crippen molar-refractivity contribution in [1.29, 1.82) is 0 Å². The number of hydrogen-bond donors (Lipinski definition) is 2. The highest BCUT2D eigenvalue weighted by atomic mass is 16.5. The number of anilines is 1. The summed E-state index contributed by atoms with van der Waals surface area (Å²) < 4.78 is 12.0. The standard InChI is InChI=1S/C27H30N2O3/c1-19(2)21-12-13-25(32-18-20-8-4-3-5-9-20)23(16-21)27(30)29-24-11-7-6-10-22(24)26-17-28-14-15-31-26/h3-13,16,19,26,28H,14-15,17-18H2,1-2H3,(H,29,30). The molecule has 0 saturated carbocycles. The minimum Gasteiger partial charge on any atom is -0.488 e. The first-order valence-electron chi connectivity index (χ1n) is 11.1. The summed E-state index contributed by atoms with van der Waals surface area (Å²) in [6.07, 6.45) is -0.0870. The van der Waals surface area contributed by atoms with Crippen LogP contribution >= 0.6 is 0 Å². The smallest absolute Gasteiger partial charge is 0.259 e. The SMILES string of the molecule is CC(C)c1ccc(OCc2ccccc2)c(C(=O)Nc2ccccc2C2CNCCO2)c1. The normalized spacial score (nSPS) is 16.0. The van der Waals surface area contributed by atoms with Gasteiger partial charge in [0, 0.05) is 24.3 Å². The van der Waals surface area contributed by atoms with E-state index >= 15 is 0 Å². The van der Waals surface area contributed by atoms with Gasteiger partial charge in [-0.25, -0.2) is 0 Å². The molecule has 1 atom stereocenters. The lowest BCUT2D eigenvalue weighted by atomic mass is 9.99. The van der Waals surface area contributed by atoms with E-state index in [9.17, 15) is 4.79 Å². The maximum absolute atomic E-state index is 13.4. The molecule has 1 saturated heterocycles. The molecule has 1 fully saturated rings. The molecule has 0 bridgehead atoms. The summed E-state index contributed by atoms with van der Waals surface area (Å²) in [6.45, 7) is 6.85. The highest BCUT2D eigenvalue weighted by Crippen LogP contribution is 2.29. The fraction of sp³-hybridized carbons (Fsp3) is 0.296. The van der Waals surface area contributed by atoms with Crippen molar-refractivity contribution in [3.63, 3.8) is 0 Å². The molecule has 0 aromatic heterocycles. The molecule has 1 heterocycles. The molecule has 0 radical (unpaired) electrons. The van der Waals surface area contributed by atoms with Gasteiger partial charge in [0.2, 0.25) is 0 Å². The second-order valence-electron chi connectivity index (χ2n) is 8.29. The summed E-state index contributed by atoms with van der Waals surface area (Å²) in [6, 6.07) is 23.6. The molecule has 166 valence electrons. The Bertz CT molecular complexity index is 1040. The first-order valence-corrected chi connectivity index (χ1v) is 11.1. The number of morpholine rings is 1. The van der Waals surface area contributed by atoms with Crippen LogP contribution in [0.25, 0.3) is 0 Å². The highest BCUT2D eigenvalue weighted by molar-refractivity contribution is 6.06. The Labute approximate surface area is 189 Å². The van der Waals surface area contributed by atoms with Crippen LogP contribution in [0.3, 0.4) is 0 Å². The van der Waals surface area contributed by atoms with Crippen LogP contribution in [-0.4, -0.2) is 25.6 Å². The number of carbonyl (C=O) groups excluding carboxylic acids is 1. The summed E-state index contributed by atoms with van der Waals surface area (Å²) >= 11 is 0. The van der Waals surface area contributed by atoms with Crippen molar-refractivity contribution in [3.05, 3.63) is 95.1 Å². The second kappa shape index (κ2) is 10.4. The molecule has 1 aliphatic heterocycles. The van der Waals surface area contributed by atoms with Crippen LogP contribution in [0.2, 0.25) is 0 Å². The van der Waals surface area contributed by atoms with Crippen molar-refractivity contribution in [2.75, 3.05) is 25.0 Å². The van der Waals surface area contributed by atoms with E-state index < -0.39 is 0 Å². The quantitative estimate of drug-likeness (QED) is 0.534. The molecular formula is C27H30N2O3. The fourth-order valence-electron chi connectivity index (χ4n) is 3.79. The molecule has 0 spiro atoms. The van der Waals surface area contributed by atoms with Crippen molar-refractivity contribution in [2.24, 2.45) is 0 Å². The molecule has 2 N–H and O–H groups in total. The lowest BCUT2D eigenvalue weighted by Gasteiger charge is -2.26. The van der Waals surface area contributed by atoms with Gasteiger partial charge in [-0.05, 0) is 35.2 Å². The molecule has 1 unspecified atom stereocenters. The molecule has 3 aromatic rings. The minimum atomic E-state index is -0.188. The van der Waals surface area contributed by atoms with Gasteiger partial charge in [-0.1, -0.05) is 68.4 Å². The van der Waals surface area contributed by atoms with Gasteiger partial charge in [-0.15, -0.1) is 0 Å². The number of benzene rings is 3. The third-order valence-electron chi connectivity index (χ3n) is 5.64. The maximum Gasteiger partial charge on any atom is 0.259 e. The Balaban J connectivity index is 1.59. The summed E-state index contributed by atoms with van der Waals surface area (Å²) in [4.78, 5) is 13.4. The zero-order valence-electron chi connectivity index (χ0n) is 18.6. The minimum absolute atomic E-state index is 0.0870. The average Bonchev–Trinajstić information content (AvgIpc) is 2.84. The van der Waals surface area contributed by atoms with E-state index in [0.717, 1.165) is 35.5 Å². The van der Waals surface area contributed by atoms with Gasteiger partial charge < -0.3 is 20.1 Å². The summed E-state index contributed by atoms with van der Waals surface area (Å²) in [5.74, 6) is 0.689. The Morgan fingerprint density at radius 1 is 1.09 bits per heavy atom. The molecule has 5 nitrogen and oxygen atoms in total. The fourth-order valence-corrected chi connectivity index (χ4v) is 3.79. The third kappa shape index (κ3) is 5.36. The van der Waals surface area contributed by atoms with E-state index in [-0.39, 0.29) is 12.0 Å². The molecule has 3 aromatic carbocycles. The topological polar surface area (TPSA) is 59.6 Å². The Kier molecular flexibility index (Phi) is 7.20. The Hall–Kier alpha value is -3.15. The lowest BCUT2D eigenvalue weighted by Crippen LogP contribution is -2.33. The van der Waals surface area contributed by atoms with Crippen LogP contribution in [0.15, 0.2) is 72.8 Å². The van der Waals surface area contributed by atoms with Crippen LogP contribution in [-0.2, 0) is 11.3 Å². The molecule has 5 heteroatoms. The molecule has 32 heavy (non-hydrogen) atoms. The number of amides is 1. The molecule has 4 rings (SSSR count). The number of nitrogens with one attached hydrogen (secondary N) is 2. The third-order valence-corrected chi connectivity index (χ3v) is 5.64. The van der Waals surface area contributed by atoms with E-state index in [2.05, 4.69) is 24.5 Å². The number of carbonyl (C=O) groups is 1. The van der Waals surface area contributed by atoms with Crippen LogP contribution in [0.4, 0.5) is 5.69 Å². The maximum atomic E-state index is 13.4. The van der Waals surface area contributed by atoms with Crippen molar-refractivity contribution in [2.45, 2.75) is 32.5 Å². The van der Waals surface area contributed by atoms with Crippen LogP contribution in [0.5, 0.6) is 5.75 Å². The summed E-state index contributed by atoms with van der Waals surface area (Å²) in [7, 11) is 0. The first-order chi connectivity index (χ1) is 15.6. The molecular weight excluding hydrogens is 400 g/mol. The van der Waals surface area contributed by atoms with Gasteiger partial charge in [0.15, 0.2) is 0 Å². The first kappa shape index (κ1) is 22.1. The predicted molar refractivity (Wildman–Crippen MR) is 127 cm³/mol. The highest BCUT2D eigenvalue weighted by Gasteiger charge is 2.21. The number of para-hydroxylation sites is 1. The second-order valence-corrected chi connectivity index (χ2v) is 8.29. The van der Waals surface area contributed by atoms with Crippen LogP contribution < -0.4 is 15.4 Å². The van der Waals surface area contributed by atoms with Crippen molar-refractivity contribution >= 4 is 11.6 Å². The number of rotatable bonds is 7. The number of ether oxygens (including phenoxy) is 2. The van der Waals surface area contributed by atoms with Crippen LogP contribution in [0.1, 0.15) is 52.9 Å². The van der Waals surface area contributed by atoms with Crippen molar-refractivity contribution in [1.82, 2.24) is 5.32 Å².